The van der Waals surface area contributed by atoms with Crippen LogP contribution in [0.3, 0.4) is 0 Å². The molecule has 0 saturated carbocycles. The molecule has 1 saturated heterocycles. The summed E-state index contributed by atoms with van der Waals surface area (Å²) in [5.74, 6) is 1.75. The number of hydrogen-bond donors (Lipinski definition) is 0. The van der Waals surface area contributed by atoms with Gasteiger partial charge in [-0.2, -0.15) is 0 Å². The normalized spacial score (nSPS) is 18.7. The van der Waals surface area contributed by atoms with Crippen molar-refractivity contribution in [2.45, 2.75) is 32.4 Å². The molecule has 0 N–H and O–H groups in total. The Morgan fingerprint density at radius 1 is 0.931 bits per heavy atom. The fourth-order valence-corrected chi connectivity index (χ4v) is 4.42. The summed E-state index contributed by atoms with van der Waals surface area (Å²) >= 11 is 0. The molecule has 2 aromatic carbocycles. The Morgan fingerprint density at radius 2 is 1.76 bits per heavy atom. The summed E-state index contributed by atoms with van der Waals surface area (Å²) in [6.45, 7) is 5.40. The minimum atomic E-state index is 0.438. The molecule has 0 aliphatic carbocycles. The highest BCUT2D eigenvalue weighted by Crippen LogP contribution is 2.38. The maximum Gasteiger partial charge on any atom is 0.161 e. The molecule has 0 unspecified atom stereocenters. The molecule has 148 valence electrons. The topological polar surface area (TPSA) is 34.6 Å². The van der Waals surface area contributed by atoms with Crippen molar-refractivity contribution in [1.29, 1.82) is 0 Å². The number of nitrogens with zero attached hydrogens (tertiary/aromatic N) is 2. The molecule has 1 atom stereocenters. The van der Waals surface area contributed by atoms with Crippen LogP contribution in [0.1, 0.15) is 35.7 Å². The van der Waals surface area contributed by atoms with E-state index in [1.807, 2.05) is 13.1 Å². The SMILES string of the molecule is Cc1cc(-c2ccc(CN3CCC[C@H]3c3ccc4c(c3)OCCO4)cc2)ccn1. The molecule has 5 rings (SSSR count). The lowest BCUT2D eigenvalue weighted by atomic mass is 10.0. The molecule has 0 spiro atoms. The zero-order valence-corrected chi connectivity index (χ0v) is 16.8. The Hall–Kier alpha value is -2.85. The summed E-state index contributed by atoms with van der Waals surface area (Å²) < 4.78 is 11.5. The van der Waals surface area contributed by atoms with Crippen molar-refractivity contribution in [3.05, 3.63) is 77.6 Å². The fourth-order valence-electron chi connectivity index (χ4n) is 4.42. The Morgan fingerprint density at radius 3 is 2.59 bits per heavy atom. The van der Waals surface area contributed by atoms with E-state index in [0.29, 0.717) is 19.3 Å². The maximum atomic E-state index is 5.79. The van der Waals surface area contributed by atoms with Crippen molar-refractivity contribution in [3.63, 3.8) is 0 Å². The fraction of sp³-hybridized carbons (Fsp3) is 0.320. The molecule has 0 amide bonds. The highest BCUT2D eigenvalue weighted by Gasteiger charge is 2.27. The number of aryl methyl sites for hydroxylation is 1. The predicted octanol–water partition coefficient (Wildman–Crippen LogP) is 5.17. The number of benzene rings is 2. The van der Waals surface area contributed by atoms with Gasteiger partial charge in [0.25, 0.3) is 0 Å². The van der Waals surface area contributed by atoms with E-state index in [2.05, 4.69) is 64.5 Å². The van der Waals surface area contributed by atoms with Crippen molar-refractivity contribution in [2.24, 2.45) is 0 Å². The number of ether oxygens (including phenoxy) is 2. The summed E-state index contributed by atoms with van der Waals surface area (Å²) in [6.07, 6.45) is 4.29. The van der Waals surface area contributed by atoms with Crippen molar-refractivity contribution < 1.29 is 9.47 Å². The van der Waals surface area contributed by atoms with Crippen LogP contribution in [0.4, 0.5) is 0 Å². The van der Waals surface area contributed by atoms with Crippen LogP contribution in [0, 0.1) is 6.92 Å². The van der Waals surface area contributed by atoms with Gasteiger partial charge in [0.1, 0.15) is 13.2 Å². The Kier molecular flexibility index (Phi) is 4.94. The van der Waals surface area contributed by atoms with E-state index in [1.54, 1.807) is 0 Å². The van der Waals surface area contributed by atoms with E-state index < -0.39 is 0 Å². The molecule has 0 radical (unpaired) electrons. The van der Waals surface area contributed by atoms with E-state index in [9.17, 15) is 0 Å². The Labute approximate surface area is 172 Å². The lowest BCUT2D eigenvalue weighted by Crippen LogP contribution is -2.23. The van der Waals surface area contributed by atoms with E-state index in [-0.39, 0.29) is 0 Å². The van der Waals surface area contributed by atoms with E-state index in [0.717, 1.165) is 30.3 Å². The van der Waals surface area contributed by atoms with Crippen molar-refractivity contribution in [2.75, 3.05) is 19.8 Å². The zero-order chi connectivity index (χ0) is 19.6. The highest BCUT2D eigenvalue weighted by atomic mass is 16.6. The summed E-state index contributed by atoms with van der Waals surface area (Å²) in [4.78, 5) is 6.87. The van der Waals surface area contributed by atoms with Gasteiger partial charge in [-0.1, -0.05) is 30.3 Å². The van der Waals surface area contributed by atoms with Gasteiger partial charge in [0.05, 0.1) is 0 Å². The predicted molar refractivity (Wildman–Crippen MR) is 114 cm³/mol. The van der Waals surface area contributed by atoms with Crippen LogP contribution in [-0.2, 0) is 6.54 Å². The second kappa shape index (κ2) is 7.88. The van der Waals surface area contributed by atoms with Gasteiger partial charge in [-0.15, -0.1) is 0 Å². The van der Waals surface area contributed by atoms with E-state index in [1.165, 1.54) is 35.1 Å². The summed E-state index contributed by atoms with van der Waals surface area (Å²) in [5.41, 5.74) is 6.19. The Bertz CT molecular complexity index is 1000. The summed E-state index contributed by atoms with van der Waals surface area (Å²) in [7, 11) is 0. The van der Waals surface area contributed by atoms with Crippen LogP contribution >= 0.6 is 0 Å². The summed E-state index contributed by atoms with van der Waals surface area (Å²) in [5, 5.41) is 0. The lowest BCUT2D eigenvalue weighted by molar-refractivity contribution is 0.170. The smallest absolute Gasteiger partial charge is 0.161 e. The number of aromatic nitrogens is 1. The quantitative estimate of drug-likeness (QED) is 0.620. The molecule has 29 heavy (non-hydrogen) atoms. The molecule has 1 fully saturated rings. The molecule has 2 aliphatic rings. The largest absolute Gasteiger partial charge is 0.486 e. The molecular formula is C25H26N2O2. The zero-order valence-electron chi connectivity index (χ0n) is 16.8. The third kappa shape index (κ3) is 3.85. The number of likely N-dealkylation sites (tertiary alicyclic amines) is 1. The third-order valence-corrected chi connectivity index (χ3v) is 5.88. The van der Waals surface area contributed by atoms with Crippen LogP contribution < -0.4 is 9.47 Å². The van der Waals surface area contributed by atoms with Crippen LogP contribution in [0.2, 0.25) is 0 Å². The average molecular weight is 386 g/mol. The number of fused-ring (bicyclic) bond motifs is 1. The highest BCUT2D eigenvalue weighted by molar-refractivity contribution is 5.63. The standard InChI is InChI=1S/C25H26N2O2/c1-18-15-21(10-11-26-18)20-6-4-19(5-7-20)17-27-12-2-3-23(27)22-8-9-24-25(16-22)29-14-13-28-24/h4-11,15-16,23H,2-3,12-14,17H2,1H3/t23-/m0/s1. The van der Waals surface area contributed by atoms with E-state index in [4.69, 9.17) is 9.47 Å². The number of rotatable bonds is 4. The van der Waals surface area contributed by atoms with Gasteiger partial charge in [-0.3, -0.25) is 9.88 Å². The van der Waals surface area contributed by atoms with Gasteiger partial charge in [0.15, 0.2) is 11.5 Å². The average Bonchev–Trinajstić information content (AvgIpc) is 3.22. The van der Waals surface area contributed by atoms with Gasteiger partial charge in [-0.05, 0) is 72.8 Å². The molecule has 4 heteroatoms. The first-order valence-corrected chi connectivity index (χ1v) is 10.4. The van der Waals surface area contributed by atoms with Crippen molar-refractivity contribution >= 4 is 0 Å². The molecule has 4 nitrogen and oxygen atoms in total. The maximum absolute atomic E-state index is 5.79. The number of pyridine rings is 1. The third-order valence-electron chi connectivity index (χ3n) is 5.88. The summed E-state index contributed by atoms with van der Waals surface area (Å²) in [6, 6.07) is 20.0. The van der Waals surface area contributed by atoms with Crippen LogP contribution in [0.25, 0.3) is 11.1 Å². The molecular weight excluding hydrogens is 360 g/mol. The van der Waals surface area contributed by atoms with Gasteiger partial charge < -0.3 is 9.47 Å². The van der Waals surface area contributed by atoms with Crippen LogP contribution in [0.15, 0.2) is 60.8 Å². The van der Waals surface area contributed by atoms with Gasteiger partial charge in [-0.25, -0.2) is 0 Å². The van der Waals surface area contributed by atoms with Crippen molar-refractivity contribution in [3.8, 4) is 22.6 Å². The molecule has 1 aromatic heterocycles. The lowest BCUT2D eigenvalue weighted by Gasteiger charge is -2.26. The second-order valence-electron chi connectivity index (χ2n) is 7.91. The first kappa shape index (κ1) is 18.2. The Balaban J connectivity index is 1.32. The van der Waals surface area contributed by atoms with Gasteiger partial charge >= 0.3 is 0 Å². The first-order valence-electron chi connectivity index (χ1n) is 10.4. The van der Waals surface area contributed by atoms with E-state index >= 15 is 0 Å². The molecule has 0 bridgehead atoms. The monoisotopic (exact) mass is 386 g/mol. The van der Waals surface area contributed by atoms with Crippen LogP contribution in [0.5, 0.6) is 11.5 Å². The van der Waals surface area contributed by atoms with Crippen LogP contribution in [-0.4, -0.2) is 29.6 Å². The number of hydrogen-bond acceptors (Lipinski definition) is 4. The van der Waals surface area contributed by atoms with Gasteiger partial charge in [0, 0.05) is 24.5 Å². The van der Waals surface area contributed by atoms with Crippen molar-refractivity contribution in [1.82, 2.24) is 9.88 Å². The molecule has 2 aliphatic heterocycles. The second-order valence-corrected chi connectivity index (χ2v) is 7.91. The first-order chi connectivity index (χ1) is 14.3. The molecule has 3 aromatic rings. The minimum Gasteiger partial charge on any atom is -0.486 e. The molecule has 3 heterocycles. The van der Waals surface area contributed by atoms with Gasteiger partial charge in [0.2, 0.25) is 0 Å². The minimum absolute atomic E-state index is 0.438.